The molecule has 0 aliphatic heterocycles. The zero-order valence-corrected chi connectivity index (χ0v) is 12.9. The lowest BCUT2D eigenvalue weighted by molar-refractivity contribution is -0.117. The van der Waals surface area contributed by atoms with Crippen LogP contribution in [0.3, 0.4) is 0 Å². The number of carbonyl (C=O) groups excluding carboxylic acids is 1. The molecule has 0 radical (unpaired) electrons. The van der Waals surface area contributed by atoms with E-state index in [0.717, 1.165) is 23.1 Å². The second-order valence-corrected chi connectivity index (χ2v) is 5.24. The molecule has 1 N–H and O–H groups in total. The molecular formula is C18H20N2O2. The average molecular weight is 296 g/mol. The van der Waals surface area contributed by atoms with Gasteiger partial charge in [-0.1, -0.05) is 32.0 Å². The molecule has 0 fully saturated rings. The minimum atomic E-state index is -0.00755. The van der Waals surface area contributed by atoms with Gasteiger partial charge in [-0.2, -0.15) is 0 Å². The van der Waals surface area contributed by atoms with E-state index in [9.17, 15) is 4.79 Å². The molecule has 0 saturated heterocycles. The Kier molecular flexibility index (Phi) is 5.55. The van der Waals surface area contributed by atoms with Crippen molar-refractivity contribution in [2.45, 2.75) is 26.9 Å². The summed E-state index contributed by atoms with van der Waals surface area (Å²) >= 11 is 0. The molecule has 1 atom stereocenters. The van der Waals surface area contributed by atoms with Gasteiger partial charge in [-0.15, -0.1) is 0 Å². The van der Waals surface area contributed by atoms with Crippen LogP contribution < -0.4 is 0 Å². The molecule has 1 heterocycles. The summed E-state index contributed by atoms with van der Waals surface area (Å²) in [5.41, 5.74) is 2.47. The summed E-state index contributed by atoms with van der Waals surface area (Å²) in [6.07, 6.45) is 7.53. The van der Waals surface area contributed by atoms with Gasteiger partial charge in [0.1, 0.15) is 0 Å². The lowest BCUT2D eigenvalue weighted by atomic mass is 10.0. The summed E-state index contributed by atoms with van der Waals surface area (Å²) in [7, 11) is 0. The van der Waals surface area contributed by atoms with Gasteiger partial charge >= 0.3 is 0 Å². The minimum Gasteiger partial charge on any atom is -0.392 e. The molecule has 1 aromatic heterocycles. The van der Waals surface area contributed by atoms with Crippen molar-refractivity contribution < 1.29 is 9.90 Å². The molecule has 2 aromatic rings. The molecule has 0 aliphatic rings. The van der Waals surface area contributed by atoms with Crippen molar-refractivity contribution in [3.05, 3.63) is 53.9 Å². The fraction of sp³-hybridized carbons (Fsp3) is 0.278. The Balaban J connectivity index is 2.13. The number of hydrogen-bond donors (Lipinski definition) is 1. The van der Waals surface area contributed by atoms with Crippen LogP contribution in [-0.2, 0) is 11.4 Å². The molecule has 1 unspecified atom stereocenters. The summed E-state index contributed by atoms with van der Waals surface area (Å²) in [4.78, 5) is 20.4. The zero-order valence-electron chi connectivity index (χ0n) is 12.9. The topological polar surface area (TPSA) is 63.1 Å². The first-order valence-electron chi connectivity index (χ1n) is 7.38. The lowest BCUT2D eigenvalue weighted by Gasteiger charge is -2.03. The number of carbonyl (C=O) groups is 1. The number of ketones is 1. The average Bonchev–Trinajstić information content (AvgIpc) is 2.59. The molecule has 0 spiro atoms. The highest BCUT2D eigenvalue weighted by atomic mass is 16.3. The molecule has 1 aromatic carbocycles. The van der Waals surface area contributed by atoms with E-state index in [1.165, 1.54) is 0 Å². The van der Waals surface area contributed by atoms with Gasteiger partial charge in [0.15, 0.2) is 11.6 Å². The molecule has 4 nitrogen and oxygen atoms in total. The van der Waals surface area contributed by atoms with Gasteiger partial charge in [-0.3, -0.25) is 4.79 Å². The Labute approximate surface area is 130 Å². The van der Waals surface area contributed by atoms with Gasteiger partial charge in [-0.25, -0.2) is 9.97 Å². The summed E-state index contributed by atoms with van der Waals surface area (Å²) < 4.78 is 0. The lowest BCUT2D eigenvalue weighted by Crippen LogP contribution is -2.05. The van der Waals surface area contributed by atoms with Crippen molar-refractivity contribution in [1.29, 1.82) is 0 Å². The van der Waals surface area contributed by atoms with Gasteiger partial charge < -0.3 is 5.11 Å². The maximum absolute atomic E-state index is 11.8. The Hall–Kier alpha value is -2.33. The van der Waals surface area contributed by atoms with E-state index in [2.05, 4.69) is 9.97 Å². The van der Waals surface area contributed by atoms with Crippen LogP contribution in [0.15, 0.2) is 42.7 Å². The standard InChI is InChI=1S/C18H20N2O2/c1-3-13(2)17(22)8-7-15-10-19-18(20-11-15)16-6-4-5-14(9-16)12-21/h4-11,13,21H,3,12H2,1-2H3/b8-7+. The number of aliphatic hydroxyl groups is 1. The second-order valence-electron chi connectivity index (χ2n) is 5.24. The van der Waals surface area contributed by atoms with Gasteiger partial charge in [0.05, 0.1) is 6.61 Å². The van der Waals surface area contributed by atoms with E-state index >= 15 is 0 Å². The van der Waals surface area contributed by atoms with Gasteiger partial charge in [0, 0.05) is 29.4 Å². The number of aliphatic hydroxyl groups excluding tert-OH is 1. The Morgan fingerprint density at radius 1 is 1.32 bits per heavy atom. The highest BCUT2D eigenvalue weighted by Crippen LogP contribution is 2.16. The van der Waals surface area contributed by atoms with Crippen LogP contribution in [0.4, 0.5) is 0 Å². The van der Waals surface area contributed by atoms with Crippen LogP contribution in [0.25, 0.3) is 17.5 Å². The highest BCUT2D eigenvalue weighted by molar-refractivity contribution is 5.95. The van der Waals surface area contributed by atoms with Crippen LogP contribution in [-0.4, -0.2) is 20.9 Å². The summed E-state index contributed by atoms with van der Waals surface area (Å²) in [6.45, 7) is 3.90. The highest BCUT2D eigenvalue weighted by Gasteiger charge is 2.06. The SMILES string of the molecule is CCC(C)C(=O)/C=C/c1cnc(-c2cccc(CO)c2)nc1. The quantitative estimate of drug-likeness (QED) is 0.831. The molecule has 2 rings (SSSR count). The van der Waals surface area contributed by atoms with E-state index in [1.54, 1.807) is 24.5 Å². The van der Waals surface area contributed by atoms with E-state index in [1.807, 2.05) is 38.1 Å². The molecule has 0 saturated carbocycles. The van der Waals surface area contributed by atoms with E-state index in [4.69, 9.17) is 5.11 Å². The van der Waals surface area contributed by atoms with Crippen LogP contribution in [0.1, 0.15) is 31.4 Å². The number of nitrogens with zero attached hydrogens (tertiary/aromatic N) is 2. The first-order valence-corrected chi connectivity index (χ1v) is 7.38. The maximum Gasteiger partial charge on any atom is 0.159 e. The maximum atomic E-state index is 11.8. The Morgan fingerprint density at radius 3 is 2.68 bits per heavy atom. The van der Waals surface area contributed by atoms with Crippen LogP contribution >= 0.6 is 0 Å². The van der Waals surface area contributed by atoms with Gasteiger partial charge in [0.2, 0.25) is 0 Å². The molecule has 0 amide bonds. The Morgan fingerprint density at radius 2 is 2.05 bits per heavy atom. The molecule has 0 aliphatic carbocycles. The van der Waals surface area contributed by atoms with Crippen molar-refractivity contribution in [2.24, 2.45) is 5.92 Å². The van der Waals surface area contributed by atoms with E-state index < -0.39 is 0 Å². The van der Waals surface area contributed by atoms with Crippen LogP contribution in [0.5, 0.6) is 0 Å². The third-order valence-electron chi connectivity index (χ3n) is 3.58. The van der Waals surface area contributed by atoms with E-state index in [-0.39, 0.29) is 18.3 Å². The van der Waals surface area contributed by atoms with Crippen molar-refractivity contribution in [3.63, 3.8) is 0 Å². The van der Waals surface area contributed by atoms with E-state index in [0.29, 0.717) is 5.82 Å². The normalized spacial score (nSPS) is 12.5. The van der Waals surface area contributed by atoms with Crippen LogP contribution in [0, 0.1) is 5.92 Å². The minimum absolute atomic E-state index is 0.00755. The molecular weight excluding hydrogens is 276 g/mol. The van der Waals surface area contributed by atoms with Crippen molar-refractivity contribution >= 4 is 11.9 Å². The largest absolute Gasteiger partial charge is 0.392 e. The predicted molar refractivity (Wildman–Crippen MR) is 86.9 cm³/mol. The zero-order chi connectivity index (χ0) is 15.9. The van der Waals surface area contributed by atoms with Gasteiger partial charge in [-0.05, 0) is 30.2 Å². The molecule has 0 bridgehead atoms. The summed E-state index contributed by atoms with van der Waals surface area (Å²) in [5.74, 6) is 0.751. The first kappa shape index (κ1) is 16.0. The number of aromatic nitrogens is 2. The fourth-order valence-corrected chi connectivity index (χ4v) is 1.93. The van der Waals surface area contributed by atoms with Crippen LogP contribution in [0.2, 0.25) is 0 Å². The molecule has 114 valence electrons. The third kappa shape index (κ3) is 4.09. The monoisotopic (exact) mass is 296 g/mol. The smallest absolute Gasteiger partial charge is 0.159 e. The summed E-state index contributed by atoms with van der Waals surface area (Å²) in [6, 6.07) is 7.47. The third-order valence-corrected chi connectivity index (χ3v) is 3.58. The van der Waals surface area contributed by atoms with Crippen molar-refractivity contribution in [1.82, 2.24) is 9.97 Å². The van der Waals surface area contributed by atoms with Gasteiger partial charge in [0.25, 0.3) is 0 Å². The number of benzene rings is 1. The predicted octanol–water partition coefficient (Wildman–Crippen LogP) is 3.26. The molecule has 22 heavy (non-hydrogen) atoms. The van der Waals surface area contributed by atoms with Crippen molar-refractivity contribution in [3.8, 4) is 11.4 Å². The number of allylic oxidation sites excluding steroid dienone is 1. The Bertz CT molecular complexity index is 663. The summed E-state index contributed by atoms with van der Waals surface area (Å²) in [5, 5.41) is 9.16. The number of hydrogen-bond acceptors (Lipinski definition) is 4. The first-order chi connectivity index (χ1) is 10.6. The fourth-order valence-electron chi connectivity index (χ4n) is 1.93. The number of rotatable bonds is 6. The molecule has 4 heteroatoms. The second kappa shape index (κ2) is 7.61. The van der Waals surface area contributed by atoms with Crippen molar-refractivity contribution in [2.75, 3.05) is 0 Å².